The molecular formula is C22H23N3O3. The summed E-state index contributed by atoms with van der Waals surface area (Å²) in [5.74, 6) is 0.484. The third kappa shape index (κ3) is 4.65. The van der Waals surface area contributed by atoms with Gasteiger partial charge in [0.1, 0.15) is 12.3 Å². The Labute approximate surface area is 163 Å². The second-order valence-electron chi connectivity index (χ2n) is 6.66. The number of benzene rings is 2. The maximum atomic E-state index is 12.3. The molecule has 0 spiro atoms. The van der Waals surface area contributed by atoms with Gasteiger partial charge in [-0.2, -0.15) is 5.10 Å². The Morgan fingerprint density at radius 1 is 1.07 bits per heavy atom. The second-order valence-corrected chi connectivity index (χ2v) is 6.66. The first-order valence-corrected chi connectivity index (χ1v) is 9.01. The van der Waals surface area contributed by atoms with E-state index in [1.807, 2.05) is 56.3 Å². The minimum atomic E-state index is -0.311. The Kier molecular flexibility index (Phi) is 5.89. The number of ether oxygens (including phenoxy) is 1. The van der Waals surface area contributed by atoms with E-state index in [0.717, 1.165) is 28.0 Å². The monoisotopic (exact) mass is 377 g/mol. The number of nitrogens with one attached hydrogen (secondary N) is 1. The van der Waals surface area contributed by atoms with Crippen LogP contribution in [-0.4, -0.2) is 22.8 Å². The van der Waals surface area contributed by atoms with Gasteiger partial charge in [0, 0.05) is 18.2 Å². The molecule has 0 bridgehead atoms. The summed E-state index contributed by atoms with van der Waals surface area (Å²) in [6.45, 7) is 4.24. The van der Waals surface area contributed by atoms with Crippen molar-refractivity contribution in [3.63, 3.8) is 0 Å². The summed E-state index contributed by atoms with van der Waals surface area (Å²) in [5.41, 5.74) is 4.42. The summed E-state index contributed by atoms with van der Waals surface area (Å²) >= 11 is 0. The predicted molar refractivity (Wildman–Crippen MR) is 108 cm³/mol. The molecule has 0 saturated heterocycles. The number of carbonyl (C=O) groups excluding carboxylic acids is 1. The molecule has 1 amide bonds. The van der Waals surface area contributed by atoms with Crippen molar-refractivity contribution in [2.45, 2.75) is 26.9 Å². The summed E-state index contributed by atoms with van der Waals surface area (Å²) in [6.07, 6.45) is 0. The molecule has 0 aliphatic rings. The molecule has 6 heteroatoms. The number of amides is 1. The molecule has 0 saturated carbocycles. The summed E-state index contributed by atoms with van der Waals surface area (Å²) in [6, 6.07) is 16.6. The highest BCUT2D eigenvalue weighted by atomic mass is 16.5. The largest absolute Gasteiger partial charge is 0.497 e. The molecule has 0 unspecified atom stereocenters. The van der Waals surface area contributed by atoms with Gasteiger partial charge in [0.05, 0.1) is 12.8 Å². The minimum Gasteiger partial charge on any atom is -0.497 e. The van der Waals surface area contributed by atoms with E-state index in [-0.39, 0.29) is 18.0 Å². The van der Waals surface area contributed by atoms with Crippen LogP contribution in [0.4, 0.5) is 0 Å². The average molecular weight is 377 g/mol. The van der Waals surface area contributed by atoms with E-state index < -0.39 is 0 Å². The van der Waals surface area contributed by atoms with Crippen LogP contribution in [0.2, 0.25) is 0 Å². The van der Waals surface area contributed by atoms with Gasteiger partial charge in [0.15, 0.2) is 0 Å². The van der Waals surface area contributed by atoms with E-state index in [1.165, 1.54) is 10.7 Å². The van der Waals surface area contributed by atoms with Crippen LogP contribution in [0.1, 0.15) is 16.7 Å². The van der Waals surface area contributed by atoms with E-state index in [4.69, 9.17) is 4.74 Å². The maximum absolute atomic E-state index is 12.3. The van der Waals surface area contributed by atoms with Crippen LogP contribution < -0.4 is 15.6 Å². The fraction of sp³-hybridized carbons (Fsp3) is 0.227. The number of hydrogen-bond acceptors (Lipinski definition) is 4. The van der Waals surface area contributed by atoms with Crippen LogP contribution in [0.5, 0.6) is 5.75 Å². The molecular weight excluding hydrogens is 354 g/mol. The summed E-state index contributed by atoms with van der Waals surface area (Å²) in [7, 11) is 1.61. The van der Waals surface area contributed by atoms with Crippen molar-refractivity contribution in [2.75, 3.05) is 7.11 Å². The standard InChI is InChI=1S/C22H23N3O3/c1-15-4-5-16(2)19(12-15)20-10-11-22(27)25(24-20)14-21(26)23-13-17-6-8-18(28-3)9-7-17/h4-12H,13-14H2,1-3H3,(H,23,26). The Hall–Kier alpha value is -3.41. The zero-order chi connectivity index (χ0) is 20.1. The Balaban J connectivity index is 1.71. The highest BCUT2D eigenvalue weighted by Crippen LogP contribution is 2.21. The molecule has 2 aromatic carbocycles. The van der Waals surface area contributed by atoms with Gasteiger partial charge in [0.2, 0.25) is 5.91 Å². The fourth-order valence-corrected chi connectivity index (χ4v) is 2.85. The van der Waals surface area contributed by atoms with Crippen molar-refractivity contribution < 1.29 is 9.53 Å². The van der Waals surface area contributed by atoms with Crippen LogP contribution in [0.15, 0.2) is 59.4 Å². The third-order valence-electron chi connectivity index (χ3n) is 4.48. The van der Waals surface area contributed by atoms with Crippen molar-refractivity contribution in [2.24, 2.45) is 0 Å². The summed E-state index contributed by atoms with van der Waals surface area (Å²) in [5, 5.41) is 7.20. The minimum absolute atomic E-state index is 0.131. The zero-order valence-corrected chi connectivity index (χ0v) is 16.2. The molecule has 28 heavy (non-hydrogen) atoms. The topological polar surface area (TPSA) is 73.2 Å². The van der Waals surface area contributed by atoms with Gasteiger partial charge in [-0.05, 0) is 49.2 Å². The Morgan fingerprint density at radius 3 is 2.54 bits per heavy atom. The molecule has 3 rings (SSSR count). The number of hydrogen-bond donors (Lipinski definition) is 1. The van der Waals surface area contributed by atoms with Crippen LogP contribution in [0.3, 0.4) is 0 Å². The van der Waals surface area contributed by atoms with Gasteiger partial charge in [-0.25, -0.2) is 4.68 Å². The Morgan fingerprint density at radius 2 is 1.82 bits per heavy atom. The first-order chi connectivity index (χ1) is 13.5. The van der Waals surface area contributed by atoms with Crippen molar-refractivity contribution in [3.05, 3.63) is 81.6 Å². The molecule has 1 aromatic heterocycles. The third-order valence-corrected chi connectivity index (χ3v) is 4.48. The van der Waals surface area contributed by atoms with E-state index in [1.54, 1.807) is 13.2 Å². The SMILES string of the molecule is COc1ccc(CNC(=O)Cn2nc(-c3cc(C)ccc3C)ccc2=O)cc1. The number of rotatable bonds is 6. The molecule has 1 heterocycles. The zero-order valence-electron chi connectivity index (χ0n) is 16.2. The van der Waals surface area contributed by atoms with Crippen molar-refractivity contribution >= 4 is 5.91 Å². The van der Waals surface area contributed by atoms with Gasteiger partial charge in [-0.1, -0.05) is 29.8 Å². The lowest BCUT2D eigenvalue weighted by atomic mass is 10.0. The maximum Gasteiger partial charge on any atom is 0.267 e. The number of aryl methyl sites for hydroxylation is 2. The normalized spacial score (nSPS) is 10.5. The first kappa shape index (κ1) is 19.4. The molecule has 0 aliphatic heterocycles. The van der Waals surface area contributed by atoms with Crippen molar-refractivity contribution in [1.29, 1.82) is 0 Å². The lowest BCUT2D eigenvalue weighted by Gasteiger charge is -2.10. The molecule has 0 atom stereocenters. The second kappa shape index (κ2) is 8.52. The van der Waals surface area contributed by atoms with Crippen LogP contribution in [-0.2, 0) is 17.9 Å². The lowest BCUT2D eigenvalue weighted by molar-refractivity contribution is -0.122. The number of nitrogens with zero attached hydrogens (tertiary/aromatic N) is 2. The fourth-order valence-electron chi connectivity index (χ4n) is 2.85. The quantitative estimate of drug-likeness (QED) is 0.717. The van der Waals surface area contributed by atoms with Crippen LogP contribution >= 0.6 is 0 Å². The van der Waals surface area contributed by atoms with Gasteiger partial charge in [0.25, 0.3) is 5.56 Å². The molecule has 1 N–H and O–H groups in total. The van der Waals surface area contributed by atoms with Gasteiger partial charge >= 0.3 is 0 Å². The average Bonchev–Trinajstić information content (AvgIpc) is 2.70. The molecule has 3 aromatic rings. The molecule has 0 fully saturated rings. The van der Waals surface area contributed by atoms with Gasteiger partial charge < -0.3 is 10.1 Å². The van der Waals surface area contributed by atoms with Crippen LogP contribution in [0, 0.1) is 13.8 Å². The highest BCUT2D eigenvalue weighted by Gasteiger charge is 2.10. The predicted octanol–water partition coefficient (Wildman–Crippen LogP) is 2.85. The number of methoxy groups -OCH3 is 1. The van der Waals surface area contributed by atoms with Crippen molar-refractivity contribution in [1.82, 2.24) is 15.1 Å². The first-order valence-electron chi connectivity index (χ1n) is 9.01. The van der Waals surface area contributed by atoms with E-state index in [2.05, 4.69) is 10.4 Å². The smallest absolute Gasteiger partial charge is 0.267 e. The molecule has 144 valence electrons. The molecule has 6 nitrogen and oxygen atoms in total. The van der Waals surface area contributed by atoms with E-state index in [0.29, 0.717) is 12.2 Å². The van der Waals surface area contributed by atoms with Crippen molar-refractivity contribution in [3.8, 4) is 17.0 Å². The number of aromatic nitrogens is 2. The van der Waals surface area contributed by atoms with E-state index in [9.17, 15) is 9.59 Å². The highest BCUT2D eigenvalue weighted by molar-refractivity contribution is 5.75. The van der Waals surface area contributed by atoms with Crippen LogP contribution in [0.25, 0.3) is 11.3 Å². The molecule has 0 radical (unpaired) electrons. The Bertz CT molecular complexity index is 1040. The van der Waals surface area contributed by atoms with Gasteiger partial charge in [-0.3, -0.25) is 9.59 Å². The number of carbonyl (C=O) groups is 1. The lowest BCUT2D eigenvalue weighted by Crippen LogP contribution is -2.33. The summed E-state index contributed by atoms with van der Waals surface area (Å²) in [4.78, 5) is 24.4. The van der Waals surface area contributed by atoms with E-state index >= 15 is 0 Å². The molecule has 0 aliphatic carbocycles. The van der Waals surface area contributed by atoms with Gasteiger partial charge in [-0.15, -0.1) is 0 Å². The summed E-state index contributed by atoms with van der Waals surface area (Å²) < 4.78 is 6.31.